The molecule has 0 heterocycles. The number of rotatable bonds is 7. The molecule has 0 bridgehead atoms. The fraction of sp³-hybridized carbons (Fsp3) is 1.00. The molecule has 0 amide bonds. The predicted molar refractivity (Wildman–Crippen MR) is 80.8 cm³/mol. The Hall–Kier alpha value is 0.310. The van der Waals surface area contributed by atoms with Crippen molar-refractivity contribution < 1.29 is 0 Å². The van der Waals surface area contributed by atoms with Crippen LogP contribution in [0, 0.1) is 11.8 Å². The van der Waals surface area contributed by atoms with Crippen molar-refractivity contribution in [3.8, 4) is 0 Å². The summed E-state index contributed by atoms with van der Waals surface area (Å²) in [6.45, 7) is 10.4. The first kappa shape index (κ1) is 15.4. The summed E-state index contributed by atoms with van der Waals surface area (Å²) in [7, 11) is 0. The Labute approximate surface area is 113 Å². The van der Waals surface area contributed by atoms with Crippen LogP contribution >= 0.6 is 11.8 Å². The van der Waals surface area contributed by atoms with Crippen molar-refractivity contribution in [2.75, 3.05) is 12.3 Å². The second kappa shape index (κ2) is 8.42. The minimum absolute atomic E-state index is 0.752. The molecule has 1 aliphatic rings. The molecule has 4 atom stereocenters. The number of hydrogen-bond donors (Lipinski definition) is 1. The lowest BCUT2D eigenvalue weighted by molar-refractivity contribution is 0.235. The van der Waals surface area contributed by atoms with Gasteiger partial charge in [0.1, 0.15) is 0 Å². The molecule has 0 radical (unpaired) electrons. The van der Waals surface area contributed by atoms with E-state index in [-0.39, 0.29) is 0 Å². The second-order valence-corrected chi connectivity index (χ2v) is 7.22. The predicted octanol–water partition coefficient (Wildman–Crippen LogP) is 4.32. The van der Waals surface area contributed by atoms with Crippen LogP contribution in [0.5, 0.6) is 0 Å². The summed E-state index contributed by atoms with van der Waals surface area (Å²) in [4.78, 5) is 0. The van der Waals surface area contributed by atoms with E-state index in [1.54, 1.807) is 0 Å². The zero-order valence-electron chi connectivity index (χ0n) is 12.2. The van der Waals surface area contributed by atoms with Crippen molar-refractivity contribution in [3.63, 3.8) is 0 Å². The largest absolute Gasteiger partial charge is 0.313 e. The van der Waals surface area contributed by atoms with Gasteiger partial charge in [0.25, 0.3) is 0 Å². The van der Waals surface area contributed by atoms with Gasteiger partial charge in [0.2, 0.25) is 0 Å². The zero-order chi connectivity index (χ0) is 12.7. The van der Waals surface area contributed by atoms with Crippen LogP contribution in [-0.2, 0) is 0 Å². The van der Waals surface area contributed by atoms with Gasteiger partial charge in [0.05, 0.1) is 0 Å². The van der Waals surface area contributed by atoms with Gasteiger partial charge in [-0.05, 0) is 37.6 Å². The van der Waals surface area contributed by atoms with Gasteiger partial charge in [0, 0.05) is 17.0 Å². The van der Waals surface area contributed by atoms with E-state index in [0.29, 0.717) is 0 Å². The van der Waals surface area contributed by atoms with Gasteiger partial charge in [-0.25, -0.2) is 0 Å². The normalized spacial score (nSPS) is 28.9. The van der Waals surface area contributed by atoms with Crippen LogP contribution in [0.4, 0.5) is 0 Å². The molecule has 2 heteroatoms. The number of thioether (sulfide) groups is 1. The Bertz CT molecular complexity index is 195. The van der Waals surface area contributed by atoms with E-state index in [2.05, 4.69) is 44.8 Å². The molecule has 4 unspecified atom stereocenters. The third-order valence-corrected chi connectivity index (χ3v) is 5.60. The molecule has 1 saturated carbocycles. The molecule has 17 heavy (non-hydrogen) atoms. The highest BCUT2D eigenvalue weighted by Gasteiger charge is 2.26. The maximum atomic E-state index is 3.73. The first-order valence-corrected chi connectivity index (χ1v) is 8.57. The molecule has 1 aliphatic carbocycles. The fourth-order valence-corrected chi connectivity index (χ4v) is 4.02. The van der Waals surface area contributed by atoms with Gasteiger partial charge in [-0.2, -0.15) is 11.8 Å². The topological polar surface area (TPSA) is 12.0 Å². The summed E-state index contributed by atoms with van der Waals surface area (Å²) < 4.78 is 0. The fourth-order valence-electron chi connectivity index (χ4n) is 2.86. The van der Waals surface area contributed by atoms with Crippen LogP contribution < -0.4 is 5.32 Å². The van der Waals surface area contributed by atoms with Gasteiger partial charge >= 0.3 is 0 Å². The van der Waals surface area contributed by atoms with E-state index in [1.165, 1.54) is 37.9 Å². The van der Waals surface area contributed by atoms with Gasteiger partial charge in [-0.15, -0.1) is 0 Å². The van der Waals surface area contributed by atoms with E-state index in [9.17, 15) is 0 Å². The molecule has 1 nitrogen and oxygen atoms in total. The standard InChI is InChI=1S/C15H31NS/c1-5-13(4)17-11-15(16-6-2)14-9-7-8-12(3)10-14/h12-16H,5-11H2,1-4H3. The summed E-state index contributed by atoms with van der Waals surface area (Å²) in [5, 5.41) is 4.55. The van der Waals surface area contributed by atoms with Crippen molar-refractivity contribution >= 4 is 11.8 Å². The van der Waals surface area contributed by atoms with E-state index >= 15 is 0 Å². The third-order valence-electron chi connectivity index (χ3n) is 4.15. The van der Waals surface area contributed by atoms with Crippen molar-refractivity contribution in [1.82, 2.24) is 5.32 Å². The number of nitrogens with one attached hydrogen (secondary N) is 1. The summed E-state index contributed by atoms with van der Waals surface area (Å²) in [5.41, 5.74) is 0. The lowest BCUT2D eigenvalue weighted by atomic mass is 9.79. The molecule has 0 aromatic rings. The van der Waals surface area contributed by atoms with Crippen molar-refractivity contribution in [2.45, 2.75) is 71.1 Å². The van der Waals surface area contributed by atoms with Gasteiger partial charge in [0.15, 0.2) is 0 Å². The average Bonchev–Trinajstić information content (AvgIpc) is 2.34. The highest BCUT2D eigenvalue weighted by atomic mass is 32.2. The molecule has 102 valence electrons. The number of hydrogen-bond acceptors (Lipinski definition) is 2. The lowest BCUT2D eigenvalue weighted by Crippen LogP contribution is -2.40. The maximum absolute atomic E-state index is 3.73. The van der Waals surface area contributed by atoms with Crippen LogP contribution in [0.25, 0.3) is 0 Å². The highest BCUT2D eigenvalue weighted by molar-refractivity contribution is 7.99. The summed E-state index contributed by atoms with van der Waals surface area (Å²) >= 11 is 2.16. The Kier molecular flexibility index (Phi) is 7.61. The Morgan fingerprint density at radius 3 is 2.65 bits per heavy atom. The van der Waals surface area contributed by atoms with E-state index in [0.717, 1.165) is 29.7 Å². The van der Waals surface area contributed by atoms with Crippen LogP contribution in [0.2, 0.25) is 0 Å². The van der Waals surface area contributed by atoms with Gasteiger partial charge in [-0.3, -0.25) is 0 Å². The van der Waals surface area contributed by atoms with Crippen molar-refractivity contribution in [1.29, 1.82) is 0 Å². The SMILES string of the molecule is CCNC(CSC(C)CC)C1CCCC(C)C1. The maximum Gasteiger partial charge on any atom is 0.0186 e. The minimum Gasteiger partial charge on any atom is -0.313 e. The third kappa shape index (κ3) is 5.65. The molecule has 1 N–H and O–H groups in total. The van der Waals surface area contributed by atoms with Crippen LogP contribution in [0.3, 0.4) is 0 Å². The van der Waals surface area contributed by atoms with E-state index in [4.69, 9.17) is 0 Å². The molecule has 0 aromatic carbocycles. The molecule has 0 saturated heterocycles. The smallest absolute Gasteiger partial charge is 0.0186 e. The lowest BCUT2D eigenvalue weighted by Gasteiger charge is -2.34. The second-order valence-electron chi connectivity index (χ2n) is 5.75. The molecule has 0 aromatic heterocycles. The summed E-state index contributed by atoms with van der Waals surface area (Å²) in [6, 6.07) is 0.752. The molecular weight excluding hydrogens is 226 g/mol. The first-order valence-electron chi connectivity index (χ1n) is 7.52. The van der Waals surface area contributed by atoms with Gasteiger partial charge in [-0.1, -0.05) is 40.5 Å². The Morgan fingerprint density at radius 1 is 1.29 bits per heavy atom. The van der Waals surface area contributed by atoms with Gasteiger partial charge < -0.3 is 5.32 Å². The highest BCUT2D eigenvalue weighted by Crippen LogP contribution is 2.32. The van der Waals surface area contributed by atoms with E-state index in [1.807, 2.05) is 0 Å². The van der Waals surface area contributed by atoms with Crippen molar-refractivity contribution in [2.24, 2.45) is 11.8 Å². The van der Waals surface area contributed by atoms with Crippen LogP contribution in [0.15, 0.2) is 0 Å². The summed E-state index contributed by atoms with van der Waals surface area (Å²) in [5.74, 6) is 3.18. The van der Waals surface area contributed by atoms with E-state index < -0.39 is 0 Å². The van der Waals surface area contributed by atoms with Crippen LogP contribution in [-0.4, -0.2) is 23.6 Å². The summed E-state index contributed by atoms with van der Waals surface area (Å²) in [6.07, 6.45) is 7.09. The Balaban J connectivity index is 2.40. The molecule has 0 spiro atoms. The molecular formula is C15H31NS. The van der Waals surface area contributed by atoms with Crippen molar-refractivity contribution in [3.05, 3.63) is 0 Å². The minimum atomic E-state index is 0.752. The molecule has 0 aliphatic heterocycles. The quantitative estimate of drug-likeness (QED) is 0.729. The zero-order valence-corrected chi connectivity index (χ0v) is 13.0. The monoisotopic (exact) mass is 257 g/mol. The average molecular weight is 257 g/mol. The Morgan fingerprint density at radius 2 is 2.06 bits per heavy atom. The van der Waals surface area contributed by atoms with Crippen LogP contribution in [0.1, 0.15) is 59.8 Å². The molecule has 1 fully saturated rings. The molecule has 1 rings (SSSR count). The first-order chi connectivity index (χ1) is 8.17.